The van der Waals surface area contributed by atoms with Gasteiger partial charge in [0.15, 0.2) is 17.0 Å². The van der Waals surface area contributed by atoms with E-state index in [2.05, 4.69) is 41.2 Å². The third kappa shape index (κ3) is 7.95. The van der Waals surface area contributed by atoms with Crippen LogP contribution in [-0.4, -0.2) is 64.1 Å². The van der Waals surface area contributed by atoms with Gasteiger partial charge in [-0.25, -0.2) is 14.8 Å². The topological polar surface area (TPSA) is 189 Å². The Bertz CT molecular complexity index is 1640. The summed E-state index contributed by atoms with van der Waals surface area (Å²) in [6, 6.07) is 12.9. The molecule has 2 aromatic carbocycles. The fourth-order valence-corrected chi connectivity index (χ4v) is 4.84. The zero-order valence-corrected chi connectivity index (χ0v) is 26.1. The lowest BCUT2D eigenvalue weighted by atomic mass is 9.88. The number of ether oxygens (including phenoxy) is 2. The number of hydrogen-bond acceptors (Lipinski definition) is 12. The van der Waals surface area contributed by atoms with Crippen LogP contribution < -0.4 is 21.7 Å². The molecule has 2 aromatic heterocycles. The van der Waals surface area contributed by atoms with Crippen molar-refractivity contribution in [2.75, 3.05) is 36.6 Å². The number of nitrogens with one attached hydrogen (secondary N) is 1. The molecule has 0 bridgehead atoms. The molecule has 0 aliphatic rings. The monoisotopic (exact) mass is 664 g/mol. The Morgan fingerprint density at radius 3 is 2.30 bits per heavy atom. The van der Waals surface area contributed by atoms with Crippen molar-refractivity contribution in [2.45, 2.75) is 38.8 Å². The lowest BCUT2D eigenvalue weighted by molar-refractivity contribution is -0.147. The lowest BCUT2D eigenvalue weighted by Gasteiger charge is -2.26. The highest BCUT2D eigenvalue weighted by Gasteiger charge is 2.34. The molecule has 2 atom stereocenters. The van der Waals surface area contributed by atoms with E-state index in [1.54, 1.807) is 68.6 Å². The molecule has 0 aliphatic carbocycles. The van der Waals surface area contributed by atoms with Crippen LogP contribution in [0, 0.1) is 0 Å². The van der Waals surface area contributed by atoms with Gasteiger partial charge in [0, 0.05) is 28.7 Å². The normalized spacial score (nSPS) is 12.3. The van der Waals surface area contributed by atoms with E-state index in [-0.39, 0.29) is 31.4 Å². The van der Waals surface area contributed by atoms with Crippen molar-refractivity contribution in [1.29, 1.82) is 0 Å². The predicted octanol–water partition coefficient (Wildman–Crippen LogP) is 3.38. The highest BCUT2D eigenvalue weighted by Crippen LogP contribution is 2.28. The number of fused-ring (bicyclic) bond motifs is 1. The van der Waals surface area contributed by atoms with Crippen molar-refractivity contribution in [3.63, 3.8) is 0 Å². The van der Waals surface area contributed by atoms with Gasteiger partial charge in [-0.1, -0.05) is 28.1 Å². The van der Waals surface area contributed by atoms with E-state index < -0.39 is 29.8 Å². The second-order valence-corrected chi connectivity index (χ2v) is 10.7. The van der Waals surface area contributed by atoms with Crippen molar-refractivity contribution in [1.82, 2.24) is 25.3 Å². The molecule has 2 heterocycles. The number of carbonyl (C=O) groups is 3. The minimum atomic E-state index is -1.14. The van der Waals surface area contributed by atoms with Crippen LogP contribution in [0.2, 0.25) is 0 Å². The standard InChI is InChI=1S/C30H33BrN8O5/c1-4-43-23(40)14-22(17-6-10-19(31)11-7-17)24(29(42)44-5-2)36-28(41)18-8-12-21(13-9-18)39(3)16-20-15-34-27-25(35-20)26(32)37-30(33)38-27/h6-13,15,22,24H,4-5,14,16H2,1-3H3,(H,36,41)(H4,32,33,34,37,38)/t22?,24-/m0/s1. The first-order valence-corrected chi connectivity index (χ1v) is 14.6. The highest BCUT2D eigenvalue weighted by molar-refractivity contribution is 9.10. The Hall–Kier alpha value is -4.85. The van der Waals surface area contributed by atoms with Crippen molar-refractivity contribution in [3.05, 3.63) is 76.0 Å². The van der Waals surface area contributed by atoms with E-state index in [9.17, 15) is 14.4 Å². The molecule has 14 heteroatoms. The van der Waals surface area contributed by atoms with Gasteiger partial charge in [0.05, 0.1) is 38.1 Å². The number of amides is 1. The smallest absolute Gasteiger partial charge is 0.329 e. The van der Waals surface area contributed by atoms with Crippen molar-refractivity contribution >= 4 is 62.4 Å². The van der Waals surface area contributed by atoms with Gasteiger partial charge < -0.3 is 31.2 Å². The Morgan fingerprint density at radius 2 is 1.64 bits per heavy atom. The number of esters is 2. The summed E-state index contributed by atoms with van der Waals surface area (Å²) in [4.78, 5) is 57.8. The van der Waals surface area contributed by atoms with Crippen LogP contribution in [0.1, 0.15) is 47.8 Å². The molecule has 0 aliphatic heterocycles. The fourth-order valence-electron chi connectivity index (χ4n) is 4.58. The summed E-state index contributed by atoms with van der Waals surface area (Å²) in [5, 5.41) is 2.80. The first kappa shape index (κ1) is 32.1. The summed E-state index contributed by atoms with van der Waals surface area (Å²) in [6.07, 6.45) is 1.45. The average molecular weight is 666 g/mol. The van der Waals surface area contributed by atoms with Crippen LogP contribution in [0.15, 0.2) is 59.2 Å². The molecular formula is C30H33BrN8O5. The number of anilines is 3. The number of aromatic nitrogens is 4. The lowest BCUT2D eigenvalue weighted by Crippen LogP contribution is -2.46. The van der Waals surface area contributed by atoms with Crippen molar-refractivity contribution in [3.8, 4) is 0 Å². The molecule has 4 rings (SSSR count). The van der Waals surface area contributed by atoms with Gasteiger partial charge in [0.1, 0.15) is 6.04 Å². The molecule has 13 nitrogen and oxygen atoms in total. The van der Waals surface area contributed by atoms with Gasteiger partial charge >= 0.3 is 11.9 Å². The molecule has 4 aromatic rings. The molecule has 230 valence electrons. The van der Waals surface area contributed by atoms with Crippen LogP contribution in [0.4, 0.5) is 17.5 Å². The molecule has 1 amide bonds. The number of hydrogen-bond donors (Lipinski definition) is 3. The van der Waals surface area contributed by atoms with Crippen LogP contribution in [0.5, 0.6) is 0 Å². The number of nitrogen functional groups attached to an aromatic ring is 2. The molecule has 0 saturated carbocycles. The summed E-state index contributed by atoms with van der Waals surface area (Å²) in [5.41, 5.74) is 14.6. The van der Waals surface area contributed by atoms with Crippen LogP contribution in [0.3, 0.4) is 0 Å². The summed E-state index contributed by atoms with van der Waals surface area (Å²) < 4.78 is 11.3. The molecule has 0 fully saturated rings. The van der Waals surface area contributed by atoms with E-state index in [1.807, 2.05) is 11.9 Å². The number of carbonyl (C=O) groups excluding carboxylic acids is 3. The third-order valence-electron chi connectivity index (χ3n) is 6.69. The van der Waals surface area contributed by atoms with Crippen molar-refractivity contribution in [2.24, 2.45) is 0 Å². The average Bonchev–Trinajstić information content (AvgIpc) is 3.00. The number of halogens is 1. The van der Waals surface area contributed by atoms with Crippen LogP contribution >= 0.6 is 15.9 Å². The van der Waals surface area contributed by atoms with Crippen molar-refractivity contribution < 1.29 is 23.9 Å². The Kier molecular flexibility index (Phi) is 10.6. The van der Waals surface area contributed by atoms with Gasteiger partial charge in [0.2, 0.25) is 5.95 Å². The first-order chi connectivity index (χ1) is 21.1. The van der Waals surface area contributed by atoms with Crippen LogP contribution in [0.25, 0.3) is 11.2 Å². The maximum atomic E-state index is 13.4. The molecule has 5 N–H and O–H groups in total. The van der Waals surface area contributed by atoms with Crippen LogP contribution in [-0.2, 0) is 25.6 Å². The number of nitrogens with zero attached hydrogens (tertiary/aromatic N) is 5. The minimum Gasteiger partial charge on any atom is -0.466 e. The first-order valence-electron chi connectivity index (χ1n) is 13.8. The summed E-state index contributed by atoms with van der Waals surface area (Å²) in [7, 11) is 1.86. The maximum Gasteiger partial charge on any atom is 0.329 e. The minimum absolute atomic E-state index is 0.0229. The quantitative estimate of drug-likeness (QED) is 0.188. The van der Waals surface area contributed by atoms with Gasteiger partial charge in [-0.3, -0.25) is 9.59 Å². The Morgan fingerprint density at radius 1 is 0.955 bits per heavy atom. The van der Waals surface area contributed by atoms with Gasteiger partial charge in [-0.15, -0.1) is 0 Å². The summed E-state index contributed by atoms with van der Waals surface area (Å²) >= 11 is 3.40. The van der Waals surface area contributed by atoms with Gasteiger partial charge in [0.25, 0.3) is 5.91 Å². The van der Waals surface area contributed by atoms with E-state index in [4.69, 9.17) is 20.9 Å². The zero-order valence-electron chi connectivity index (χ0n) is 24.5. The summed E-state index contributed by atoms with van der Waals surface area (Å²) in [5.74, 6) is -2.21. The third-order valence-corrected chi connectivity index (χ3v) is 7.22. The largest absolute Gasteiger partial charge is 0.466 e. The van der Waals surface area contributed by atoms with E-state index in [1.165, 1.54) is 0 Å². The predicted molar refractivity (Wildman–Crippen MR) is 169 cm³/mol. The molecular weight excluding hydrogens is 632 g/mol. The number of nitrogens with two attached hydrogens (primary N) is 2. The molecule has 1 unspecified atom stereocenters. The second-order valence-electron chi connectivity index (χ2n) is 9.77. The van der Waals surface area contributed by atoms with Gasteiger partial charge in [-0.05, 0) is 55.8 Å². The molecule has 0 radical (unpaired) electrons. The van der Waals surface area contributed by atoms with Gasteiger partial charge in [-0.2, -0.15) is 9.97 Å². The second kappa shape index (κ2) is 14.6. The Balaban J connectivity index is 1.52. The molecule has 0 saturated heterocycles. The fraction of sp³-hybridized carbons (Fsp3) is 0.300. The molecule has 0 spiro atoms. The molecule has 44 heavy (non-hydrogen) atoms. The van der Waals surface area contributed by atoms with E-state index in [0.717, 1.165) is 10.2 Å². The highest BCUT2D eigenvalue weighted by atomic mass is 79.9. The Labute approximate surface area is 262 Å². The SMILES string of the molecule is CCOC(=O)CC(c1ccc(Br)cc1)[C@H](NC(=O)c1ccc(N(C)Cc2cnc3nc(N)nc(N)c3n2)cc1)C(=O)OCC. The zero-order chi connectivity index (χ0) is 31.8. The van der Waals surface area contributed by atoms with E-state index in [0.29, 0.717) is 34.5 Å². The summed E-state index contributed by atoms with van der Waals surface area (Å²) in [6.45, 7) is 4.05. The number of rotatable bonds is 12. The van der Waals surface area contributed by atoms with E-state index >= 15 is 0 Å². The number of benzene rings is 2. The maximum absolute atomic E-state index is 13.4.